The zero-order chi connectivity index (χ0) is 14.1. The van der Waals surface area contributed by atoms with Gasteiger partial charge in [0.25, 0.3) is 0 Å². The monoisotopic (exact) mass is 270 g/mol. The Morgan fingerprint density at radius 3 is 2.63 bits per heavy atom. The molecule has 1 N–H and O–H groups in total. The van der Waals surface area contributed by atoms with Crippen LogP contribution in [0.25, 0.3) is 0 Å². The van der Waals surface area contributed by atoms with Crippen molar-refractivity contribution in [1.29, 1.82) is 0 Å². The van der Waals surface area contributed by atoms with Gasteiger partial charge in [0.1, 0.15) is 0 Å². The maximum Gasteiger partial charge on any atom is 0.0546 e. The second-order valence-corrected chi connectivity index (χ2v) is 6.15. The zero-order valence-electron chi connectivity index (χ0n) is 13.5. The van der Waals surface area contributed by atoms with Gasteiger partial charge in [0.2, 0.25) is 0 Å². The lowest BCUT2D eigenvalue weighted by atomic mass is 9.81. The highest BCUT2D eigenvalue weighted by molar-refractivity contribution is 4.88. The second-order valence-electron chi connectivity index (χ2n) is 6.15. The average molecular weight is 270 g/mol. The van der Waals surface area contributed by atoms with E-state index in [-0.39, 0.29) is 0 Å². The van der Waals surface area contributed by atoms with Crippen LogP contribution in [0.5, 0.6) is 0 Å². The normalized spacial score (nSPS) is 25.7. The molecule has 1 rings (SSSR count). The minimum absolute atomic E-state index is 0.326. The summed E-state index contributed by atoms with van der Waals surface area (Å²) in [6.45, 7) is 15.6. The van der Waals surface area contributed by atoms with Gasteiger partial charge >= 0.3 is 0 Å². The lowest BCUT2D eigenvalue weighted by molar-refractivity contribution is -0.0311. The summed E-state index contributed by atoms with van der Waals surface area (Å²) in [6.07, 6.45) is 4.95. The highest BCUT2D eigenvalue weighted by Crippen LogP contribution is 2.30. The van der Waals surface area contributed by atoms with Crippen molar-refractivity contribution in [2.45, 2.75) is 59.4 Å². The molecule has 2 atom stereocenters. The fraction of sp³-hybridized carbons (Fsp3) is 1.00. The number of nitrogens with zero attached hydrogens (tertiary/aromatic N) is 1. The Labute approximate surface area is 120 Å². The Morgan fingerprint density at radius 1 is 1.32 bits per heavy atom. The van der Waals surface area contributed by atoms with Crippen molar-refractivity contribution in [3.63, 3.8) is 0 Å². The molecule has 3 heteroatoms. The summed E-state index contributed by atoms with van der Waals surface area (Å²) in [5.74, 6) is 0. The summed E-state index contributed by atoms with van der Waals surface area (Å²) in [6, 6.07) is 0.676. The highest BCUT2D eigenvalue weighted by Gasteiger charge is 2.35. The van der Waals surface area contributed by atoms with Crippen molar-refractivity contribution in [3.05, 3.63) is 0 Å². The zero-order valence-corrected chi connectivity index (χ0v) is 13.5. The van der Waals surface area contributed by atoms with Crippen molar-refractivity contribution >= 4 is 0 Å². The van der Waals surface area contributed by atoms with E-state index in [4.69, 9.17) is 4.74 Å². The molecule has 0 amide bonds. The Bertz CT molecular complexity index is 227. The first-order chi connectivity index (χ1) is 9.17. The van der Waals surface area contributed by atoms with Gasteiger partial charge in [-0.3, -0.25) is 0 Å². The van der Waals surface area contributed by atoms with Crippen molar-refractivity contribution in [3.8, 4) is 0 Å². The van der Waals surface area contributed by atoms with Gasteiger partial charge < -0.3 is 15.0 Å². The molecule has 0 aromatic heterocycles. The topological polar surface area (TPSA) is 24.5 Å². The van der Waals surface area contributed by atoms with Crippen molar-refractivity contribution in [1.82, 2.24) is 10.2 Å². The van der Waals surface area contributed by atoms with Crippen LogP contribution in [0.4, 0.5) is 0 Å². The number of ether oxygens (including phenoxy) is 1. The Balaban J connectivity index is 2.61. The Hall–Kier alpha value is -0.120. The summed E-state index contributed by atoms with van der Waals surface area (Å²) in [4.78, 5) is 2.63. The predicted molar refractivity (Wildman–Crippen MR) is 82.6 cm³/mol. The van der Waals surface area contributed by atoms with Gasteiger partial charge in [-0.25, -0.2) is 0 Å². The van der Waals surface area contributed by atoms with E-state index in [1.165, 1.54) is 32.2 Å². The van der Waals surface area contributed by atoms with E-state index in [1.54, 1.807) is 0 Å². The van der Waals surface area contributed by atoms with Crippen LogP contribution >= 0.6 is 0 Å². The first-order valence-electron chi connectivity index (χ1n) is 8.20. The highest BCUT2D eigenvalue weighted by atomic mass is 16.5. The molecule has 1 aliphatic rings. The lowest BCUT2D eigenvalue weighted by Crippen LogP contribution is -2.51. The summed E-state index contributed by atoms with van der Waals surface area (Å²) in [5, 5.41) is 3.63. The Kier molecular flexibility index (Phi) is 7.96. The molecule has 114 valence electrons. The molecule has 1 saturated heterocycles. The molecule has 0 aromatic rings. The van der Waals surface area contributed by atoms with Gasteiger partial charge in [-0.05, 0) is 45.7 Å². The quantitative estimate of drug-likeness (QED) is 0.652. The molecule has 1 heterocycles. The summed E-state index contributed by atoms with van der Waals surface area (Å²) in [5.41, 5.74) is 0.326. The van der Waals surface area contributed by atoms with Gasteiger partial charge in [0, 0.05) is 31.2 Å². The van der Waals surface area contributed by atoms with E-state index in [0.717, 1.165) is 32.8 Å². The SMILES string of the molecule is CCCNCC1(CN(CC)C(C)CC)CCCOC1. The molecule has 1 fully saturated rings. The Morgan fingerprint density at radius 2 is 2.11 bits per heavy atom. The standard InChI is InChI=1S/C16H34N2O/c1-5-10-17-12-16(9-8-11-19-14-16)13-18(7-3)15(4)6-2/h15,17H,5-14H2,1-4H3. The lowest BCUT2D eigenvalue weighted by Gasteiger charge is -2.42. The first kappa shape index (κ1) is 16.9. The summed E-state index contributed by atoms with van der Waals surface area (Å²) < 4.78 is 5.81. The van der Waals surface area contributed by atoms with Crippen LogP contribution in [0.1, 0.15) is 53.4 Å². The largest absolute Gasteiger partial charge is 0.381 e. The number of hydrogen-bond acceptors (Lipinski definition) is 3. The van der Waals surface area contributed by atoms with E-state index >= 15 is 0 Å². The molecule has 19 heavy (non-hydrogen) atoms. The van der Waals surface area contributed by atoms with E-state index < -0.39 is 0 Å². The fourth-order valence-corrected chi connectivity index (χ4v) is 3.03. The van der Waals surface area contributed by atoms with Gasteiger partial charge in [-0.1, -0.05) is 20.8 Å². The minimum Gasteiger partial charge on any atom is -0.381 e. The molecule has 0 bridgehead atoms. The molecular formula is C16H34N2O. The van der Waals surface area contributed by atoms with E-state index in [2.05, 4.69) is 37.9 Å². The van der Waals surface area contributed by atoms with Crippen LogP contribution in [0.15, 0.2) is 0 Å². The summed E-state index contributed by atoms with van der Waals surface area (Å²) >= 11 is 0. The van der Waals surface area contributed by atoms with Crippen LogP contribution in [-0.4, -0.2) is 50.3 Å². The van der Waals surface area contributed by atoms with Crippen LogP contribution in [0.2, 0.25) is 0 Å². The van der Waals surface area contributed by atoms with Gasteiger partial charge in [-0.15, -0.1) is 0 Å². The van der Waals surface area contributed by atoms with Gasteiger partial charge in [0.05, 0.1) is 6.61 Å². The predicted octanol–water partition coefficient (Wildman–Crippen LogP) is 2.90. The average Bonchev–Trinajstić information content (AvgIpc) is 2.45. The van der Waals surface area contributed by atoms with E-state index in [1.807, 2.05) is 0 Å². The van der Waals surface area contributed by atoms with Crippen molar-refractivity contribution in [2.24, 2.45) is 5.41 Å². The molecule has 0 spiro atoms. The molecule has 3 nitrogen and oxygen atoms in total. The van der Waals surface area contributed by atoms with Gasteiger partial charge in [-0.2, -0.15) is 0 Å². The molecule has 1 aliphatic heterocycles. The van der Waals surface area contributed by atoms with Crippen LogP contribution in [0.3, 0.4) is 0 Å². The second kappa shape index (κ2) is 8.93. The molecular weight excluding hydrogens is 236 g/mol. The van der Waals surface area contributed by atoms with Gasteiger partial charge in [0.15, 0.2) is 0 Å². The molecule has 0 radical (unpaired) electrons. The third-order valence-corrected chi connectivity index (χ3v) is 4.49. The number of hydrogen-bond donors (Lipinski definition) is 1. The number of nitrogens with one attached hydrogen (secondary N) is 1. The maximum atomic E-state index is 5.81. The number of rotatable bonds is 9. The third kappa shape index (κ3) is 5.41. The van der Waals surface area contributed by atoms with E-state index in [9.17, 15) is 0 Å². The van der Waals surface area contributed by atoms with Crippen molar-refractivity contribution < 1.29 is 4.74 Å². The smallest absolute Gasteiger partial charge is 0.0546 e. The third-order valence-electron chi connectivity index (χ3n) is 4.49. The van der Waals surface area contributed by atoms with Crippen LogP contribution in [-0.2, 0) is 4.74 Å². The molecule has 0 aromatic carbocycles. The molecule has 2 unspecified atom stereocenters. The van der Waals surface area contributed by atoms with Crippen molar-refractivity contribution in [2.75, 3.05) is 39.4 Å². The van der Waals surface area contributed by atoms with E-state index in [0.29, 0.717) is 11.5 Å². The van der Waals surface area contributed by atoms with Crippen LogP contribution in [0, 0.1) is 5.41 Å². The molecule has 0 saturated carbocycles. The summed E-state index contributed by atoms with van der Waals surface area (Å²) in [7, 11) is 0. The minimum atomic E-state index is 0.326. The first-order valence-corrected chi connectivity index (χ1v) is 8.20. The van der Waals surface area contributed by atoms with Crippen LogP contribution < -0.4 is 5.32 Å². The fourth-order valence-electron chi connectivity index (χ4n) is 3.03. The maximum absolute atomic E-state index is 5.81. The molecule has 0 aliphatic carbocycles.